The monoisotopic (exact) mass is 395 g/mol. The topological polar surface area (TPSA) is 66.8 Å². The van der Waals surface area contributed by atoms with E-state index in [9.17, 15) is 9.59 Å². The van der Waals surface area contributed by atoms with Gasteiger partial charge in [-0.05, 0) is 30.7 Å². The predicted molar refractivity (Wildman–Crippen MR) is 109 cm³/mol. The first-order valence-electron chi connectivity index (χ1n) is 9.93. The molecule has 0 bridgehead atoms. The summed E-state index contributed by atoms with van der Waals surface area (Å²) in [4.78, 5) is 29.2. The van der Waals surface area contributed by atoms with E-state index in [1.54, 1.807) is 0 Å². The van der Waals surface area contributed by atoms with Gasteiger partial charge in [-0.2, -0.15) is 0 Å². The molecule has 1 aliphatic carbocycles. The number of nitrogens with zero attached hydrogens (tertiary/aromatic N) is 2. The van der Waals surface area contributed by atoms with Gasteiger partial charge in [0.25, 0.3) is 5.56 Å². The molecule has 1 unspecified atom stereocenters. The van der Waals surface area contributed by atoms with Crippen LogP contribution in [0.1, 0.15) is 42.2 Å². The lowest BCUT2D eigenvalue weighted by atomic mass is 9.99. The molecule has 0 amide bonds. The van der Waals surface area contributed by atoms with Crippen molar-refractivity contribution in [2.75, 3.05) is 25.1 Å². The van der Waals surface area contributed by atoms with E-state index in [0.29, 0.717) is 35.8 Å². The molecule has 3 aromatic rings. The fraction of sp³-hybridized carbons (Fsp3) is 0.364. The van der Waals surface area contributed by atoms with E-state index in [-0.39, 0.29) is 11.7 Å². The molecular formula is C22H22FN3O3. The molecule has 1 saturated heterocycles. The van der Waals surface area contributed by atoms with E-state index in [0.717, 1.165) is 19.3 Å². The van der Waals surface area contributed by atoms with Gasteiger partial charge in [0, 0.05) is 24.6 Å². The molecule has 1 aliphatic heterocycles. The summed E-state index contributed by atoms with van der Waals surface area (Å²) in [6, 6.07) is 10.2. The van der Waals surface area contributed by atoms with Crippen LogP contribution in [0.5, 0.6) is 5.75 Å². The van der Waals surface area contributed by atoms with Crippen molar-refractivity contribution in [2.45, 2.75) is 31.1 Å². The predicted octanol–water partition coefficient (Wildman–Crippen LogP) is 3.01. The van der Waals surface area contributed by atoms with Crippen LogP contribution >= 0.6 is 0 Å². The Labute approximate surface area is 166 Å². The number of rotatable bonds is 4. The lowest BCUT2D eigenvalue weighted by molar-refractivity contribution is 0.413. The highest BCUT2D eigenvalue weighted by Gasteiger charge is 2.34. The number of aromatic nitrogens is 2. The van der Waals surface area contributed by atoms with Crippen LogP contribution in [-0.4, -0.2) is 29.6 Å². The average Bonchev–Trinajstić information content (AvgIpc) is 3.44. The number of halogens is 1. The van der Waals surface area contributed by atoms with Crippen LogP contribution in [0.15, 0.2) is 46.1 Å². The first-order chi connectivity index (χ1) is 14.1. The van der Waals surface area contributed by atoms with Crippen LogP contribution < -0.4 is 20.9 Å². The summed E-state index contributed by atoms with van der Waals surface area (Å²) >= 11 is 0. The van der Waals surface area contributed by atoms with E-state index >= 15 is 4.39 Å². The number of hydrogen-bond acceptors (Lipinski definition) is 4. The SMILES string of the molecule is COc1c(N2CCC(c3ccccc3)C2)c(F)cn2c(=O)[nH]c(=O)c(C3CC3)c12. The van der Waals surface area contributed by atoms with Crippen molar-refractivity contribution in [3.63, 3.8) is 0 Å². The van der Waals surface area contributed by atoms with Crippen molar-refractivity contribution in [1.82, 2.24) is 9.38 Å². The molecule has 1 saturated carbocycles. The molecule has 2 aliphatic rings. The Morgan fingerprint density at radius 2 is 1.86 bits per heavy atom. The average molecular weight is 395 g/mol. The molecule has 3 heterocycles. The summed E-state index contributed by atoms with van der Waals surface area (Å²) in [6.07, 6.45) is 3.84. The second kappa shape index (κ2) is 6.76. The number of benzene rings is 1. The molecule has 29 heavy (non-hydrogen) atoms. The van der Waals surface area contributed by atoms with Gasteiger partial charge in [0.1, 0.15) is 11.2 Å². The molecule has 1 atom stereocenters. The van der Waals surface area contributed by atoms with Crippen LogP contribution in [0.4, 0.5) is 10.1 Å². The molecule has 150 valence electrons. The zero-order valence-corrected chi connectivity index (χ0v) is 16.2. The number of nitrogens with one attached hydrogen (secondary N) is 1. The van der Waals surface area contributed by atoms with E-state index in [1.165, 1.54) is 23.3 Å². The van der Waals surface area contributed by atoms with Gasteiger partial charge in [-0.25, -0.2) is 9.18 Å². The van der Waals surface area contributed by atoms with Crippen molar-refractivity contribution in [3.8, 4) is 5.75 Å². The molecule has 7 heteroatoms. The van der Waals surface area contributed by atoms with Crippen LogP contribution in [0.25, 0.3) is 5.52 Å². The van der Waals surface area contributed by atoms with Gasteiger partial charge in [-0.1, -0.05) is 30.3 Å². The van der Waals surface area contributed by atoms with Crippen LogP contribution in [0, 0.1) is 5.82 Å². The highest BCUT2D eigenvalue weighted by Crippen LogP contribution is 2.45. The first-order valence-corrected chi connectivity index (χ1v) is 9.93. The third-order valence-corrected chi connectivity index (χ3v) is 6.04. The number of methoxy groups -OCH3 is 1. The molecule has 6 nitrogen and oxygen atoms in total. The second-order valence-corrected chi connectivity index (χ2v) is 7.87. The summed E-state index contributed by atoms with van der Waals surface area (Å²) in [5.41, 5.74) is 1.41. The van der Waals surface area contributed by atoms with Crippen LogP contribution in [0.2, 0.25) is 0 Å². The Bertz CT molecular complexity index is 1200. The number of ether oxygens (including phenoxy) is 1. The largest absolute Gasteiger partial charge is 0.492 e. The maximum Gasteiger partial charge on any atom is 0.333 e. The molecule has 2 aromatic heterocycles. The van der Waals surface area contributed by atoms with Gasteiger partial charge >= 0.3 is 5.69 Å². The summed E-state index contributed by atoms with van der Waals surface area (Å²) in [5.74, 6) is 0.112. The van der Waals surface area contributed by atoms with E-state index < -0.39 is 17.1 Å². The molecule has 1 N–H and O–H groups in total. The normalized spacial score (nSPS) is 19.1. The van der Waals surface area contributed by atoms with Crippen molar-refractivity contribution in [3.05, 3.63) is 74.3 Å². The van der Waals surface area contributed by atoms with Crippen LogP contribution in [-0.2, 0) is 0 Å². The quantitative estimate of drug-likeness (QED) is 0.738. The fourth-order valence-corrected chi connectivity index (χ4v) is 4.51. The van der Waals surface area contributed by atoms with E-state index in [2.05, 4.69) is 17.1 Å². The van der Waals surface area contributed by atoms with Crippen LogP contribution in [0.3, 0.4) is 0 Å². The lowest BCUT2D eigenvalue weighted by Gasteiger charge is -2.24. The first kappa shape index (κ1) is 18.0. The highest BCUT2D eigenvalue weighted by molar-refractivity contribution is 5.78. The van der Waals surface area contributed by atoms with Crippen molar-refractivity contribution < 1.29 is 9.13 Å². The number of pyridine rings is 1. The molecule has 5 rings (SSSR count). The minimum Gasteiger partial charge on any atom is -0.492 e. The standard InChI is InChI=1S/C22H22FN3O3/c1-29-20-18(25-10-9-15(11-25)13-5-3-2-4-6-13)16(23)12-26-19(20)17(14-7-8-14)21(27)24-22(26)28/h2-6,12,14-15H,7-11H2,1H3,(H,24,27,28). The van der Waals surface area contributed by atoms with E-state index in [1.807, 2.05) is 23.1 Å². The lowest BCUT2D eigenvalue weighted by Crippen LogP contribution is -2.30. The Hall–Kier alpha value is -3.09. The van der Waals surface area contributed by atoms with Crippen molar-refractivity contribution in [1.29, 1.82) is 0 Å². The van der Waals surface area contributed by atoms with Gasteiger partial charge in [-0.15, -0.1) is 0 Å². The Balaban J connectivity index is 1.67. The summed E-state index contributed by atoms with van der Waals surface area (Å²) in [6.45, 7) is 1.33. The van der Waals surface area contributed by atoms with Gasteiger partial charge in [0.15, 0.2) is 11.6 Å². The van der Waals surface area contributed by atoms with Crippen molar-refractivity contribution in [2.24, 2.45) is 0 Å². The third kappa shape index (κ3) is 2.92. The minimum atomic E-state index is -0.651. The summed E-state index contributed by atoms with van der Waals surface area (Å²) in [5, 5.41) is 0. The molecule has 1 aromatic carbocycles. The smallest absolute Gasteiger partial charge is 0.333 e. The van der Waals surface area contributed by atoms with E-state index in [4.69, 9.17) is 4.74 Å². The summed E-state index contributed by atoms with van der Waals surface area (Å²) < 4.78 is 22.0. The van der Waals surface area contributed by atoms with Gasteiger partial charge in [-0.3, -0.25) is 14.2 Å². The Kier molecular flexibility index (Phi) is 4.19. The fourth-order valence-electron chi connectivity index (χ4n) is 4.51. The number of anilines is 1. The molecule has 0 radical (unpaired) electrons. The molecule has 0 spiro atoms. The highest BCUT2D eigenvalue weighted by atomic mass is 19.1. The molecule has 2 fully saturated rings. The number of hydrogen-bond donors (Lipinski definition) is 1. The van der Waals surface area contributed by atoms with Crippen molar-refractivity contribution >= 4 is 11.2 Å². The van der Waals surface area contributed by atoms with Gasteiger partial charge in [0.05, 0.1) is 13.3 Å². The zero-order chi connectivity index (χ0) is 20.1. The summed E-state index contributed by atoms with van der Waals surface area (Å²) in [7, 11) is 1.46. The van der Waals surface area contributed by atoms with Gasteiger partial charge < -0.3 is 9.64 Å². The Morgan fingerprint density at radius 1 is 1.10 bits per heavy atom. The second-order valence-electron chi connectivity index (χ2n) is 7.87. The Morgan fingerprint density at radius 3 is 2.55 bits per heavy atom. The number of H-pyrrole nitrogens is 1. The van der Waals surface area contributed by atoms with Gasteiger partial charge in [0.2, 0.25) is 0 Å². The molecular weight excluding hydrogens is 373 g/mol. The maximum atomic E-state index is 15.2. The minimum absolute atomic E-state index is 0.0807. The third-order valence-electron chi connectivity index (χ3n) is 6.04. The number of aromatic amines is 1. The number of fused-ring (bicyclic) bond motifs is 1. The zero-order valence-electron chi connectivity index (χ0n) is 16.2. The maximum absolute atomic E-state index is 15.2.